The molecule has 1 N–H and O–H groups in total. The average molecular weight is 383 g/mol. The summed E-state index contributed by atoms with van der Waals surface area (Å²) in [6.45, 7) is 6.72. The number of anilines is 1. The van der Waals surface area contributed by atoms with Crippen LogP contribution in [-0.4, -0.2) is 55.5 Å². The minimum atomic E-state index is 0. The lowest BCUT2D eigenvalue weighted by Gasteiger charge is -2.21. The van der Waals surface area contributed by atoms with Crippen molar-refractivity contribution in [2.45, 2.75) is 19.8 Å². The van der Waals surface area contributed by atoms with Crippen molar-refractivity contribution in [3.63, 3.8) is 0 Å². The summed E-state index contributed by atoms with van der Waals surface area (Å²) in [7, 11) is 1.99. The van der Waals surface area contributed by atoms with Crippen LogP contribution in [0.3, 0.4) is 0 Å². The molecule has 1 aliphatic heterocycles. The molecule has 0 saturated carbocycles. The van der Waals surface area contributed by atoms with Gasteiger partial charge in [-0.25, -0.2) is 0 Å². The molecule has 0 radical (unpaired) electrons. The van der Waals surface area contributed by atoms with Crippen LogP contribution in [0, 0.1) is 6.92 Å². The standard InChI is InChI=1S/C16H24ClN3O.2ClH/c1-13-5-6-14(17)11-15(13)18-16(21)12-19(2)9-10-20-7-3-4-8-20;;/h5-6,11H,3-4,7-10,12H2,1-2H3,(H,18,21);2*1H. The number of nitrogens with zero attached hydrogens (tertiary/aromatic N) is 2. The summed E-state index contributed by atoms with van der Waals surface area (Å²) in [6.07, 6.45) is 2.61. The number of hydrogen-bond acceptors (Lipinski definition) is 3. The molecular formula is C16H26Cl3N3O. The van der Waals surface area contributed by atoms with Crippen molar-refractivity contribution in [1.82, 2.24) is 9.80 Å². The van der Waals surface area contributed by atoms with E-state index in [1.54, 1.807) is 6.07 Å². The molecule has 0 aliphatic carbocycles. The lowest BCUT2D eigenvalue weighted by molar-refractivity contribution is -0.117. The fourth-order valence-electron chi connectivity index (χ4n) is 2.56. The summed E-state index contributed by atoms with van der Waals surface area (Å²) < 4.78 is 0. The fraction of sp³-hybridized carbons (Fsp3) is 0.562. The lowest BCUT2D eigenvalue weighted by atomic mass is 10.2. The van der Waals surface area contributed by atoms with Crippen LogP contribution in [0.1, 0.15) is 18.4 Å². The number of aryl methyl sites for hydroxylation is 1. The number of halogens is 3. The van der Waals surface area contributed by atoms with E-state index in [9.17, 15) is 4.79 Å². The second kappa shape index (κ2) is 11.1. The molecule has 0 unspecified atom stereocenters. The molecule has 0 aromatic heterocycles. The molecule has 0 bridgehead atoms. The Labute approximate surface area is 156 Å². The van der Waals surface area contributed by atoms with Crippen molar-refractivity contribution in [3.8, 4) is 0 Å². The first kappa shape index (κ1) is 22.5. The predicted octanol–water partition coefficient (Wildman–Crippen LogP) is 3.46. The van der Waals surface area contributed by atoms with E-state index in [1.807, 2.05) is 26.1 Å². The summed E-state index contributed by atoms with van der Waals surface area (Å²) in [5, 5.41) is 3.57. The average Bonchev–Trinajstić information content (AvgIpc) is 2.94. The van der Waals surface area contributed by atoms with Gasteiger partial charge < -0.3 is 10.2 Å². The van der Waals surface area contributed by atoms with Gasteiger partial charge >= 0.3 is 0 Å². The molecule has 1 amide bonds. The number of rotatable bonds is 6. The molecule has 132 valence electrons. The summed E-state index contributed by atoms with van der Waals surface area (Å²) in [6, 6.07) is 5.53. The second-order valence-electron chi connectivity index (χ2n) is 5.79. The van der Waals surface area contributed by atoms with Gasteiger partial charge in [-0.3, -0.25) is 9.69 Å². The molecule has 23 heavy (non-hydrogen) atoms. The molecule has 1 aromatic rings. The quantitative estimate of drug-likeness (QED) is 0.818. The molecule has 1 aliphatic rings. The highest BCUT2D eigenvalue weighted by molar-refractivity contribution is 6.31. The van der Waals surface area contributed by atoms with E-state index < -0.39 is 0 Å². The Morgan fingerprint density at radius 2 is 1.96 bits per heavy atom. The van der Waals surface area contributed by atoms with Crippen LogP contribution in [-0.2, 0) is 4.79 Å². The van der Waals surface area contributed by atoms with E-state index >= 15 is 0 Å². The molecule has 0 spiro atoms. The third-order valence-electron chi connectivity index (χ3n) is 3.88. The van der Waals surface area contributed by atoms with Gasteiger partial charge in [0.1, 0.15) is 0 Å². The number of nitrogens with one attached hydrogen (secondary N) is 1. The van der Waals surface area contributed by atoms with Crippen molar-refractivity contribution in [1.29, 1.82) is 0 Å². The van der Waals surface area contributed by atoms with Crippen LogP contribution in [0.25, 0.3) is 0 Å². The van der Waals surface area contributed by atoms with Crippen molar-refractivity contribution in [2.75, 3.05) is 45.1 Å². The number of hydrogen-bond donors (Lipinski definition) is 1. The number of amides is 1. The van der Waals surface area contributed by atoms with E-state index in [4.69, 9.17) is 11.6 Å². The first-order chi connectivity index (χ1) is 10.0. The molecule has 2 rings (SSSR count). The zero-order valence-corrected chi connectivity index (χ0v) is 16.1. The summed E-state index contributed by atoms with van der Waals surface area (Å²) in [4.78, 5) is 16.6. The van der Waals surface area contributed by atoms with Gasteiger partial charge in [-0.1, -0.05) is 17.7 Å². The van der Waals surface area contributed by atoms with Gasteiger partial charge in [-0.05, 0) is 57.6 Å². The Morgan fingerprint density at radius 1 is 1.30 bits per heavy atom. The maximum atomic E-state index is 12.1. The summed E-state index contributed by atoms with van der Waals surface area (Å²) >= 11 is 5.96. The molecule has 4 nitrogen and oxygen atoms in total. The van der Waals surface area contributed by atoms with Crippen molar-refractivity contribution in [3.05, 3.63) is 28.8 Å². The number of benzene rings is 1. The highest BCUT2D eigenvalue weighted by atomic mass is 35.5. The van der Waals surface area contributed by atoms with Crippen LogP contribution in [0.4, 0.5) is 5.69 Å². The lowest BCUT2D eigenvalue weighted by Crippen LogP contribution is -2.36. The minimum Gasteiger partial charge on any atom is -0.325 e. The topological polar surface area (TPSA) is 35.6 Å². The zero-order valence-electron chi connectivity index (χ0n) is 13.7. The van der Waals surface area contributed by atoms with Gasteiger partial charge in [0, 0.05) is 23.8 Å². The smallest absolute Gasteiger partial charge is 0.238 e. The Balaban J connectivity index is 0.00000242. The Morgan fingerprint density at radius 3 is 2.61 bits per heavy atom. The summed E-state index contributed by atoms with van der Waals surface area (Å²) in [5.74, 6) is 0.00397. The van der Waals surface area contributed by atoms with E-state index in [0.29, 0.717) is 11.6 Å². The van der Waals surface area contributed by atoms with Crippen LogP contribution in [0.15, 0.2) is 18.2 Å². The third kappa shape index (κ3) is 7.73. The Bertz CT molecular complexity index is 493. The van der Waals surface area contributed by atoms with Gasteiger partial charge in [0.25, 0.3) is 0 Å². The van der Waals surface area contributed by atoms with E-state index in [-0.39, 0.29) is 30.7 Å². The normalized spacial score (nSPS) is 14.3. The number of carbonyl (C=O) groups is 1. The van der Waals surface area contributed by atoms with Gasteiger partial charge in [0.2, 0.25) is 5.91 Å². The molecule has 0 atom stereocenters. The van der Waals surface area contributed by atoms with Crippen LogP contribution < -0.4 is 5.32 Å². The van der Waals surface area contributed by atoms with Crippen molar-refractivity contribution in [2.24, 2.45) is 0 Å². The third-order valence-corrected chi connectivity index (χ3v) is 4.12. The maximum absolute atomic E-state index is 12.1. The Kier molecular flexibility index (Phi) is 10.9. The molecular weight excluding hydrogens is 357 g/mol. The largest absolute Gasteiger partial charge is 0.325 e. The fourth-order valence-corrected chi connectivity index (χ4v) is 2.73. The summed E-state index contributed by atoms with van der Waals surface area (Å²) in [5.41, 5.74) is 1.81. The first-order valence-electron chi connectivity index (χ1n) is 7.51. The van der Waals surface area contributed by atoms with Crippen LogP contribution in [0.5, 0.6) is 0 Å². The monoisotopic (exact) mass is 381 g/mol. The van der Waals surface area contributed by atoms with Gasteiger partial charge in [0.05, 0.1) is 6.54 Å². The number of likely N-dealkylation sites (tertiary alicyclic amines) is 1. The highest BCUT2D eigenvalue weighted by Crippen LogP contribution is 2.20. The first-order valence-corrected chi connectivity index (χ1v) is 7.89. The molecule has 1 heterocycles. The van der Waals surface area contributed by atoms with E-state index in [1.165, 1.54) is 25.9 Å². The number of likely N-dealkylation sites (N-methyl/N-ethyl adjacent to an activating group) is 1. The maximum Gasteiger partial charge on any atom is 0.238 e. The van der Waals surface area contributed by atoms with Crippen LogP contribution in [0.2, 0.25) is 5.02 Å². The van der Waals surface area contributed by atoms with Gasteiger partial charge in [-0.2, -0.15) is 0 Å². The van der Waals surface area contributed by atoms with Crippen molar-refractivity contribution < 1.29 is 4.79 Å². The van der Waals surface area contributed by atoms with E-state index in [0.717, 1.165) is 24.3 Å². The minimum absolute atomic E-state index is 0. The van der Waals surface area contributed by atoms with Crippen molar-refractivity contribution >= 4 is 48.0 Å². The zero-order chi connectivity index (χ0) is 15.2. The Hall–Kier alpha value is -0.520. The SMILES string of the molecule is Cc1ccc(Cl)cc1NC(=O)CN(C)CCN1CCCC1.Cl.Cl. The second-order valence-corrected chi connectivity index (χ2v) is 6.23. The van der Waals surface area contributed by atoms with Gasteiger partial charge in [0.15, 0.2) is 0 Å². The molecule has 1 fully saturated rings. The highest BCUT2D eigenvalue weighted by Gasteiger charge is 2.13. The molecule has 1 saturated heterocycles. The van der Waals surface area contributed by atoms with E-state index in [2.05, 4.69) is 15.1 Å². The molecule has 1 aromatic carbocycles. The van der Waals surface area contributed by atoms with Crippen LogP contribution >= 0.6 is 36.4 Å². The predicted molar refractivity (Wildman–Crippen MR) is 102 cm³/mol. The molecule has 7 heteroatoms. The van der Waals surface area contributed by atoms with Gasteiger partial charge in [-0.15, -0.1) is 24.8 Å². The number of carbonyl (C=O) groups excluding carboxylic acids is 1.